The van der Waals surface area contributed by atoms with Crippen molar-refractivity contribution in [3.63, 3.8) is 0 Å². The van der Waals surface area contributed by atoms with Crippen LogP contribution in [0.3, 0.4) is 0 Å². The molecular weight excluding hydrogens is 282 g/mol. The molecule has 1 amide bonds. The second-order valence-corrected chi connectivity index (χ2v) is 6.19. The van der Waals surface area contributed by atoms with Crippen molar-refractivity contribution in [3.8, 4) is 0 Å². The van der Waals surface area contributed by atoms with Crippen LogP contribution in [0, 0.1) is 0 Å². The molecule has 1 N–H and O–H groups in total. The first-order chi connectivity index (χ1) is 11.3. The molecule has 0 spiro atoms. The summed E-state index contributed by atoms with van der Waals surface area (Å²) in [7, 11) is 0. The lowest BCUT2D eigenvalue weighted by molar-refractivity contribution is -0.117. The summed E-state index contributed by atoms with van der Waals surface area (Å²) in [5.74, 6) is 0.0684. The first-order valence-corrected chi connectivity index (χ1v) is 8.19. The third-order valence-corrected chi connectivity index (χ3v) is 4.70. The molecule has 3 aromatic carbocycles. The number of fused-ring (bicyclic) bond motifs is 2. The van der Waals surface area contributed by atoms with Crippen LogP contribution in [0.2, 0.25) is 0 Å². The summed E-state index contributed by atoms with van der Waals surface area (Å²) in [6.07, 6.45) is 3.08. The van der Waals surface area contributed by atoms with Crippen LogP contribution in [0.25, 0.3) is 10.8 Å². The molecule has 4 rings (SSSR count). The van der Waals surface area contributed by atoms with Gasteiger partial charge in [0.1, 0.15) is 0 Å². The Balaban J connectivity index is 1.60. The van der Waals surface area contributed by atoms with Gasteiger partial charge in [-0.2, -0.15) is 0 Å². The maximum absolute atomic E-state index is 12.8. The maximum atomic E-state index is 12.8. The molecular formula is C21H19NO. The number of nitrogens with one attached hydrogen (secondary N) is 1. The van der Waals surface area contributed by atoms with Crippen molar-refractivity contribution in [3.05, 3.63) is 77.9 Å². The highest BCUT2D eigenvalue weighted by Gasteiger charge is 2.26. The van der Waals surface area contributed by atoms with E-state index in [-0.39, 0.29) is 11.8 Å². The van der Waals surface area contributed by atoms with E-state index in [0.29, 0.717) is 0 Å². The fourth-order valence-corrected chi connectivity index (χ4v) is 3.52. The molecule has 1 aliphatic rings. The number of anilines is 1. The molecule has 0 unspecified atom stereocenters. The normalized spacial score (nSPS) is 16.8. The number of carbonyl (C=O) groups excluding carboxylic acids is 1. The van der Waals surface area contributed by atoms with Crippen LogP contribution in [-0.4, -0.2) is 5.91 Å². The van der Waals surface area contributed by atoms with Gasteiger partial charge in [0.15, 0.2) is 0 Å². The zero-order valence-corrected chi connectivity index (χ0v) is 13.0. The molecule has 3 aromatic rings. The minimum Gasteiger partial charge on any atom is -0.326 e. The Bertz CT molecular complexity index is 868. The number of amides is 1. The molecule has 2 heteroatoms. The second-order valence-electron chi connectivity index (χ2n) is 6.19. The fraction of sp³-hybridized carbons (Fsp3) is 0.190. The Labute approximate surface area is 136 Å². The molecule has 2 nitrogen and oxygen atoms in total. The first kappa shape index (κ1) is 14.0. The van der Waals surface area contributed by atoms with Crippen molar-refractivity contribution in [2.75, 3.05) is 5.32 Å². The molecule has 0 fully saturated rings. The zero-order chi connectivity index (χ0) is 15.6. The van der Waals surface area contributed by atoms with E-state index in [0.717, 1.165) is 30.3 Å². The van der Waals surface area contributed by atoms with Crippen LogP contribution in [0.1, 0.15) is 29.9 Å². The van der Waals surface area contributed by atoms with E-state index < -0.39 is 0 Å². The molecule has 1 aliphatic carbocycles. The van der Waals surface area contributed by atoms with Gasteiger partial charge >= 0.3 is 0 Å². The lowest BCUT2D eigenvalue weighted by atomic mass is 9.82. The number of hydrogen-bond donors (Lipinski definition) is 1. The molecule has 1 atom stereocenters. The predicted octanol–water partition coefficient (Wildman–Crippen LogP) is 4.90. The summed E-state index contributed by atoms with van der Waals surface area (Å²) < 4.78 is 0. The minimum atomic E-state index is -0.0357. The topological polar surface area (TPSA) is 29.1 Å². The zero-order valence-electron chi connectivity index (χ0n) is 13.0. The monoisotopic (exact) mass is 301 g/mol. The van der Waals surface area contributed by atoms with Crippen LogP contribution >= 0.6 is 0 Å². The lowest BCUT2D eigenvalue weighted by Gasteiger charge is -2.24. The number of benzene rings is 3. The molecule has 0 heterocycles. The summed E-state index contributed by atoms with van der Waals surface area (Å²) in [6, 6.07) is 22.6. The quantitative estimate of drug-likeness (QED) is 0.716. The van der Waals surface area contributed by atoms with E-state index in [4.69, 9.17) is 0 Å². The summed E-state index contributed by atoms with van der Waals surface area (Å²) in [6.45, 7) is 0. The van der Waals surface area contributed by atoms with Crippen molar-refractivity contribution in [2.24, 2.45) is 0 Å². The molecule has 23 heavy (non-hydrogen) atoms. The van der Waals surface area contributed by atoms with Crippen LogP contribution in [0.4, 0.5) is 5.69 Å². The lowest BCUT2D eigenvalue weighted by Crippen LogP contribution is -2.24. The average Bonchev–Trinajstić information content (AvgIpc) is 2.61. The molecule has 0 radical (unpaired) electrons. The van der Waals surface area contributed by atoms with Crippen molar-refractivity contribution < 1.29 is 4.79 Å². The van der Waals surface area contributed by atoms with E-state index in [9.17, 15) is 4.79 Å². The molecule has 0 bridgehead atoms. The average molecular weight is 301 g/mol. The van der Waals surface area contributed by atoms with Gasteiger partial charge in [-0.25, -0.2) is 0 Å². The highest BCUT2D eigenvalue weighted by Crippen LogP contribution is 2.32. The van der Waals surface area contributed by atoms with E-state index >= 15 is 0 Å². The largest absolute Gasteiger partial charge is 0.326 e. The Kier molecular flexibility index (Phi) is 3.58. The van der Waals surface area contributed by atoms with Gasteiger partial charge in [-0.3, -0.25) is 4.79 Å². The Morgan fingerprint density at radius 2 is 1.70 bits per heavy atom. The van der Waals surface area contributed by atoms with E-state index in [1.807, 2.05) is 30.3 Å². The molecule has 0 aliphatic heterocycles. The van der Waals surface area contributed by atoms with Crippen molar-refractivity contribution in [1.29, 1.82) is 0 Å². The van der Waals surface area contributed by atoms with Crippen LogP contribution in [0.15, 0.2) is 66.7 Å². The molecule has 0 saturated heterocycles. The summed E-state index contributed by atoms with van der Waals surface area (Å²) in [5.41, 5.74) is 3.38. The molecule has 0 saturated carbocycles. The second kappa shape index (κ2) is 5.88. The SMILES string of the molecule is O=C(Nc1ccc2ccccc2c1)[C@H]1CCCc2ccccc21. The van der Waals surface area contributed by atoms with E-state index in [2.05, 4.69) is 41.7 Å². The summed E-state index contributed by atoms with van der Waals surface area (Å²) >= 11 is 0. The van der Waals surface area contributed by atoms with Crippen LogP contribution in [0.5, 0.6) is 0 Å². The maximum Gasteiger partial charge on any atom is 0.231 e. The van der Waals surface area contributed by atoms with Crippen molar-refractivity contribution in [2.45, 2.75) is 25.2 Å². The van der Waals surface area contributed by atoms with Gasteiger partial charge < -0.3 is 5.32 Å². The van der Waals surface area contributed by atoms with Gasteiger partial charge in [-0.15, -0.1) is 0 Å². The van der Waals surface area contributed by atoms with E-state index in [1.165, 1.54) is 16.5 Å². The van der Waals surface area contributed by atoms with Crippen molar-refractivity contribution >= 4 is 22.4 Å². The van der Waals surface area contributed by atoms with Crippen molar-refractivity contribution in [1.82, 2.24) is 0 Å². The minimum absolute atomic E-state index is 0.0357. The van der Waals surface area contributed by atoms with Gasteiger partial charge in [0.25, 0.3) is 0 Å². The van der Waals surface area contributed by atoms with Crippen LogP contribution in [-0.2, 0) is 11.2 Å². The van der Waals surface area contributed by atoms with Gasteiger partial charge in [0.05, 0.1) is 5.92 Å². The smallest absolute Gasteiger partial charge is 0.231 e. The number of hydrogen-bond acceptors (Lipinski definition) is 1. The third kappa shape index (κ3) is 2.72. The molecule has 114 valence electrons. The Hall–Kier alpha value is -2.61. The number of rotatable bonds is 2. The third-order valence-electron chi connectivity index (χ3n) is 4.70. The standard InChI is InChI=1S/C21H19NO/c23-21(20-11-5-9-16-7-3-4-10-19(16)20)22-18-13-12-15-6-1-2-8-17(15)14-18/h1-4,6-8,10,12-14,20H,5,9,11H2,(H,22,23)/t20-/m0/s1. The van der Waals surface area contributed by atoms with Gasteiger partial charge in [-0.1, -0.05) is 54.6 Å². The fourth-order valence-electron chi connectivity index (χ4n) is 3.52. The van der Waals surface area contributed by atoms with Crippen LogP contribution < -0.4 is 5.32 Å². The predicted molar refractivity (Wildman–Crippen MR) is 94.7 cm³/mol. The van der Waals surface area contributed by atoms with Gasteiger partial charge in [0, 0.05) is 5.69 Å². The van der Waals surface area contributed by atoms with E-state index in [1.54, 1.807) is 0 Å². The summed E-state index contributed by atoms with van der Waals surface area (Å²) in [5, 5.41) is 5.44. The van der Waals surface area contributed by atoms with Gasteiger partial charge in [0.2, 0.25) is 5.91 Å². The molecule has 0 aromatic heterocycles. The Morgan fingerprint density at radius 1 is 0.913 bits per heavy atom. The highest BCUT2D eigenvalue weighted by atomic mass is 16.1. The summed E-state index contributed by atoms with van der Waals surface area (Å²) in [4.78, 5) is 12.8. The Morgan fingerprint density at radius 3 is 2.61 bits per heavy atom. The number of aryl methyl sites for hydroxylation is 1. The first-order valence-electron chi connectivity index (χ1n) is 8.19. The highest BCUT2D eigenvalue weighted by molar-refractivity contribution is 5.98. The number of carbonyl (C=O) groups is 1. The van der Waals surface area contributed by atoms with Gasteiger partial charge in [-0.05, 0) is 53.3 Å².